The first-order valence-corrected chi connectivity index (χ1v) is 8.15. The van der Waals surface area contributed by atoms with E-state index in [4.69, 9.17) is 4.74 Å². The Hall–Kier alpha value is -1.40. The molecule has 1 N–H and O–H groups in total. The Balaban J connectivity index is 0.00000288. The molecule has 0 aliphatic carbocycles. The lowest BCUT2D eigenvalue weighted by molar-refractivity contribution is -0.141. The van der Waals surface area contributed by atoms with Crippen LogP contribution in [0.25, 0.3) is 0 Å². The molecule has 0 saturated carbocycles. The molecule has 1 unspecified atom stereocenters. The number of rotatable bonds is 6. The molecule has 1 aromatic carbocycles. The van der Waals surface area contributed by atoms with Crippen LogP contribution in [-0.4, -0.2) is 42.6 Å². The average molecular weight is 363 g/mol. The van der Waals surface area contributed by atoms with Gasteiger partial charge in [-0.3, -0.25) is 4.79 Å². The number of hydrogen-bond donors (Lipinski definition) is 1. The van der Waals surface area contributed by atoms with E-state index in [2.05, 4.69) is 5.32 Å². The Labute approximate surface area is 148 Å². The van der Waals surface area contributed by atoms with Crippen LogP contribution in [0.1, 0.15) is 33.1 Å². The fourth-order valence-electron chi connectivity index (χ4n) is 2.87. The zero-order valence-electron chi connectivity index (χ0n) is 14.1. The van der Waals surface area contributed by atoms with Gasteiger partial charge in [-0.15, -0.1) is 12.4 Å². The van der Waals surface area contributed by atoms with Crippen molar-refractivity contribution in [3.8, 4) is 5.75 Å². The summed E-state index contributed by atoms with van der Waals surface area (Å²) in [4.78, 5) is 14.6. The zero-order valence-corrected chi connectivity index (χ0v) is 14.9. The smallest absolute Gasteiger partial charge is 0.263 e. The van der Waals surface area contributed by atoms with E-state index in [1.54, 1.807) is 6.92 Å². The van der Waals surface area contributed by atoms with Gasteiger partial charge in [-0.1, -0.05) is 6.92 Å². The third-order valence-corrected chi connectivity index (χ3v) is 4.05. The summed E-state index contributed by atoms with van der Waals surface area (Å²) in [6.07, 6.45) is 1.97. The number of ether oxygens (including phenoxy) is 1. The molecule has 1 aromatic rings. The summed E-state index contributed by atoms with van der Waals surface area (Å²) in [7, 11) is 0. The lowest BCUT2D eigenvalue weighted by Crippen LogP contribution is -2.50. The largest absolute Gasteiger partial charge is 0.481 e. The van der Waals surface area contributed by atoms with E-state index in [-0.39, 0.29) is 30.1 Å². The van der Waals surface area contributed by atoms with E-state index in [1.165, 1.54) is 6.07 Å². The molecule has 1 heterocycles. The second-order valence-corrected chi connectivity index (χ2v) is 5.85. The van der Waals surface area contributed by atoms with Crippen molar-refractivity contribution < 1.29 is 18.3 Å². The summed E-state index contributed by atoms with van der Waals surface area (Å²) in [5.74, 6) is -1.86. The molecule has 136 valence electrons. The number of halogens is 3. The molecular weight excluding hydrogens is 338 g/mol. The quantitative estimate of drug-likeness (QED) is 0.845. The lowest BCUT2D eigenvalue weighted by Gasteiger charge is -2.36. The highest BCUT2D eigenvalue weighted by atomic mass is 35.5. The van der Waals surface area contributed by atoms with Crippen LogP contribution in [0.4, 0.5) is 8.78 Å². The van der Waals surface area contributed by atoms with Crippen molar-refractivity contribution in [1.29, 1.82) is 0 Å². The van der Waals surface area contributed by atoms with Crippen LogP contribution in [0.3, 0.4) is 0 Å². The second kappa shape index (κ2) is 9.79. The van der Waals surface area contributed by atoms with Crippen molar-refractivity contribution >= 4 is 18.3 Å². The van der Waals surface area contributed by atoms with E-state index in [9.17, 15) is 13.6 Å². The number of piperidine rings is 1. The number of carbonyl (C=O) groups excluding carboxylic acids is 1. The average Bonchev–Trinajstić information content (AvgIpc) is 2.56. The molecule has 2 rings (SSSR count). The standard InChI is InChI=1S/C17H24F2N2O2.ClH/c1-3-10-21(13-6-8-20-9-7-13)17(22)12(2)23-14-4-5-15(18)16(19)11-14;/h4-5,11-13,20H,3,6-10H2,1-2H3;1H. The molecular formula is C17H25ClF2N2O2. The third-order valence-electron chi connectivity index (χ3n) is 4.05. The van der Waals surface area contributed by atoms with Crippen molar-refractivity contribution in [2.75, 3.05) is 19.6 Å². The van der Waals surface area contributed by atoms with Crippen molar-refractivity contribution in [1.82, 2.24) is 10.2 Å². The van der Waals surface area contributed by atoms with Gasteiger partial charge in [0.25, 0.3) is 5.91 Å². The maximum Gasteiger partial charge on any atom is 0.263 e. The molecule has 1 aliphatic heterocycles. The van der Waals surface area contributed by atoms with E-state index < -0.39 is 17.7 Å². The Bertz CT molecular complexity index is 539. The molecule has 0 spiro atoms. The molecule has 0 aromatic heterocycles. The summed E-state index contributed by atoms with van der Waals surface area (Å²) in [5.41, 5.74) is 0. The van der Waals surface area contributed by atoms with Crippen molar-refractivity contribution in [3.63, 3.8) is 0 Å². The highest BCUT2D eigenvalue weighted by Crippen LogP contribution is 2.19. The third kappa shape index (κ3) is 5.31. The van der Waals surface area contributed by atoms with Gasteiger partial charge >= 0.3 is 0 Å². The fourth-order valence-corrected chi connectivity index (χ4v) is 2.87. The summed E-state index contributed by atoms with van der Waals surface area (Å²) in [6.45, 7) is 6.15. The normalized spacial score (nSPS) is 16.2. The van der Waals surface area contributed by atoms with Gasteiger partial charge in [-0.25, -0.2) is 8.78 Å². The monoisotopic (exact) mass is 362 g/mol. The highest BCUT2D eigenvalue weighted by molar-refractivity contribution is 5.85. The van der Waals surface area contributed by atoms with Crippen LogP contribution >= 0.6 is 12.4 Å². The Morgan fingerprint density at radius 3 is 2.58 bits per heavy atom. The van der Waals surface area contributed by atoms with Crippen LogP contribution in [-0.2, 0) is 4.79 Å². The van der Waals surface area contributed by atoms with Gasteiger partial charge in [0.15, 0.2) is 17.7 Å². The molecule has 24 heavy (non-hydrogen) atoms. The van der Waals surface area contributed by atoms with E-state index in [1.807, 2.05) is 11.8 Å². The SMILES string of the molecule is CCCN(C(=O)C(C)Oc1ccc(F)c(F)c1)C1CCNCC1.Cl. The molecule has 1 atom stereocenters. The number of carbonyl (C=O) groups is 1. The first kappa shape index (κ1) is 20.6. The first-order valence-electron chi connectivity index (χ1n) is 8.15. The Kier molecular flexibility index (Phi) is 8.42. The fraction of sp³-hybridized carbons (Fsp3) is 0.588. The van der Waals surface area contributed by atoms with Crippen molar-refractivity contribution in [2.45, 2.75) is 45.3 Å². The molecule has 1 aliphatic rings. The number of hydrogen-bond acceptors (Lipinski definition) is 3. The van der Waals surface area contributed by atoms with Crippen molar-refractivity contribution in [3.05, 3.63) is 29.8 Å². The van der Waals surface area contributed by atoms with Crippen LogP contribution in [0, 0.1) is 11.6 Å². The zero-order chi connectivity index (χ0) is 16.8. The Morgan fingerprint density at radius 1 is 1.33 bits per heavy atom. The van der Waals surface area contributed by atoms with Gasteiger partial charge in [0.05, 0.1) is 0 Å². The summed E-state index contributed by atoms with van der Waals surface area (Å²) in [6, 6.07) is 3.50. The van der Waals surface area contributed by atoms with Crippen LogP contribution in [0.2, 0.25) is 0 Å². The minimum atomic E-state index is -0.981. The lowest BCUT2D eigenvalue weighted by atomic mass is 10.0. The van der Waals surface area contributed by atoms with Crippen LogP contribution in [0.5, 0.6) is 5.75 Å². The summed E-state index contributed by atoms with van der Waals surface area (Å²) >= 11 is 0. The number of benzene rings is 1. The van der Waals surface area contributed by atoms with E-state index >= 15 is 0 Å². The van der Waals surface area contributed by atoms with Gasteiger partial charge in [0, 0.05) is 18.7 Å². The van der Waals surface area contributed by atoms with Gasteiger partial charge < -0.3 is 15.0 Å². The molecule has 0 radical (unpaired) electrons. The van der Waals surface area contributed by atoms with Gasteiger partial charge in [0.1, 0.15) is 5.75 Å². The topological polar surface area (TPSA) is 41.6 Å². The molecule has 7 heteroatoms. The second-order valence-electron chi connectivity index (χ2n) is 5.85. The van der Waals surface area contributed by atoms with Gasteiger partial charge in [0.2, 0.25) is 0 Å². The first-order chi connectivity index (χ1) is 11.0. The predicted octanol–water partition coefficient (Wildman–Crippen LogP) is 3.14. The predicted molar refractivity (Wildman–Crippen MR) is 91.6 cm³/mol. The number of amides is 1. The van der Waals surface area contributed by atoms with Crippen molar-refractivity contribution in [2.24, 2.45) is 0 Å². The molecule has 4 nitrogen and oxygen atoms in total. The van der Waals surface area contributed by atoms with Crippen LogP contribution in [0.15, 0.2) is 18.2 Å². The highest BCUT2D eigenvalue weighted by Gasteiger charge is 2.29. The molecule has 1 saturated heterocycles. The Morgan fingerprint density at radius 2 is 2.00 bits per heavy atom. The van der Waals surface area contributed by atoms with E-state index in [0.29, 0.717) is 6.54 Å². The maximum absolute atomic E-state index is 13.2. The van der Waals surface area contributed by atoms with Gasteiger partial charge in [-0.05, 0) is 51.4 Å². The molecule has 1 amide bonds. The minimum Gasteiger partial charge on any atom is -0.481 e. The minimum absolute atomic E-state index is 0. The molecule has 0 bridgehead atoms. The number of nitrogens with one attached hydrogen (secondary N) is 1. The van der Waals surface area contributed by atoms with Crippen LogP contribution < -0.4 is 10.1 Å². The number of nitrogens with zero attached hydrogens (tertiary/aromatic N) is 1. The van der Waals surface area contributed by atoms with Gasteiger partial charge in [-0.2, -0.15) is 0 Å². The van der Waals surface area contributed by atoms with E-state index in [0.717, 1.165) is 44.5 Å². The summed E-state index contributed by atoms with van der Waals surface area (Å²) in [5, 5.41) is 3.28. The summed E-state index contributed by atoms with van der Waals surface area (Å²) < 4.78 is 31.7. The molecule has 1 fully saturated rings. The maximum atomic E-state index is 13.2.